The van der Waals surface area contributed by atoms with Gasteiger partial charge in [0, 0.05) is 12.5 Å². The molecule has 0 aromatic heterocycles. The number of rotatable bonds is 9. The van der Waals surface area contributed by atoms with Crippen molar-refractivity contribution in [2.45, 2.75) is 39.0 Å². The van der Waals surface area contributed by atoms with E-state index in [1.807, 2.05) is 27.7 Å². The van der Waals surface area contributed by atoms with Gasteiger partial charge in [-0.2, -0.15) is 0 Å². The number of carboxylic acids is 1. The van der Waals surface area contributed by atoms with Gasteiger partial charge in [-0.3, -0.25) is 0 Å². The maximum atomic E-state index is 12.5. The molecule has 8 nitrogen and oxygen atoms in total. The standard InChI is InChI=1S/C17H28O8S2/c1-11(2)9-24-14-8-17(27(6,22)23,25-10-12(3)4)7-13(16(18)19)15(14)26(5,20)21/h7,11-12H,8-10H2,1-6H3,(H,18,19). The summed E-state index contributed by atoms with van der Waals surface area (Å²) in [4.78, 5) is 9.26. The van der Waals surface area contributed by atoms with Crippen molar-refractivity contribution in [3.05, 3.63) is 22.3 Å². The summed E-state index contributed by atoms with van der Waals surface area (Å²) in [5.74, 6) is -1.78. The van der Waals surface area contributed by atoms with Crippen LogP contribution in [0.3, 0.4) is 0 Å². The van der Waals surface area contributed by atoms with Crippen LogP contribution in [0.25, 0.3) is 0 Å². The molecule has 0 radical (unpaired) electrons. The Bertz CT molecular complexity index is 847. The largest absolute Gasteiger partial charge is 0.496 e. The van der Waals surface area contributed by atoms with Gasteiger partial charge in [0.2, 0.25) is 0 Å². The van der Waals surface area contributed by atoms with Crippen LogP contribution in [0, 0.1) is 11.8 Å². The van der Waals surface area contributed by atoms with Crippen molar-refractivity contribution < 1.29 is 36.2 Å². The lowest BCUT2D eigenvalue weighted by Crippen LogP contribution is -2.44. The van der Waals surface area contributed by atoms with Crippen molar-refractivity contribution >= 4 is 25.6 Å². The van der Waals surface area contributed by atoms with E-state index in [-0.39, 0.29) is 30.8 Å². The van der Waals surface area contributed by atoms with E-state index in [2.05, 4.69) is 0 Å². The Balaban J connectivity index is 3.71. The molecule has 0 amide bonds. The molecule has 156 valence electrons. The zero-order chi connectivity index (χ0) is 21.2. The number of sulfone groups is 2. The van der Waals surface area contributed by atoms with Gasteiger partial charge in [-0.05, 0) is 17.9 Å². The number of carboxylic acid groups (broad SMARTS) is 1. The molecule has 0 heterocycles. The van der Waals surface area contributed by atoms with Crippen LogP contribution in [-0.4, -0.2) is 58.6 Å². The fraction of sp³-hybridized carbons (Fsp3) is 0.706. The number of hydrogen-bond acceptors (Lipinski definition) is 7. The topological polar surface area (TPSA) is 124 Å². The zero-order valence-corrected chi connectivity index (χ0v) is 18.1. The smallest absolute Gasteiger partial charge is 0.336 e. The van der Waals surface area contributed by atoms with Gasteiger partial charge in [-0.25, -0.2) is 21.6 Å². The van der Waals surface area contributed by atoms with Crippen LogP contribution in [0.1, 0.15) is 34.1 Å². The molecule has 1 N–H and O–H groups in total. The normalized spacial score (nSPS) is 21.6. The van der Waals surface area contributed by atoms with E-state index in [0.717, 1.165) is 18.6 Å². The van der Waals surface area contributed by atoms with Gasteiger partial charge in [0.1, 0.15) is 10.7 Å². The number of aliphatic carboxylic acids is 1. The summed E-state index contributed by atoms with van der Waals surface area (Å²) in [6.07, 6.45) is 2.26. The van der Waals surface area contributed by atoms with Crippen LogP contribution in [0.4, 0.5) is 0 Å². The van der Waals surface area contributed by atoms with Crippen LogP contribution >= 0.6 is 0 Å². The van der Waals surface area contributed by atoms with Gasteiger partial charge in [0.15, 0.2) is 24.6 Å². The summed E-state index contributed by atoms with van der Waals surface area (Å²) in [6, 6.07) is 0. The predicted molar refractivity (Wildman–Crippen MR) is 101 cm³/mol. The molecule has 0 fully saturated rings. The van der Waals surface area contributed by atoms with E-state index in [0.29, 0.717) is 0 Å². The molecule has 27 heavy (non-hydrogen) atoms. The van der Waals surface area contributed by atoms with Crippen LogP contribution in [0.15, 0.2) is 22.3 Å². The van der Waals surface area contributed by atoms with E-state index < -0.39 is 47.5 Å². The Morgan fingerprint density at radius 1 is 1.11 bits per heavy atom. The quantitative estimate of drug-likeness (QED) is 0.593. The third kappa shape index (κ3) is 5.79. The minimum Gasteiger partial charge on any atom is -0.496 e. The highest BCUT2D eigenvalue weighted by atomic mass is 32.2. The Morgan fingerprint density at radius 3 is 2.00 bits per heavy atom. The van der Waals surface area contributed by atoms with Gasteiger partial charge >= 0.3 is 5.97 Å². The minimum absolute atomic E-state index is 0.0155. The average molecular weight is 425 g/mol. The third-order valence-corrected chi connectivity index (χ3v) is 6.57. The molecular weight excluding hydrogens is 396 g/mol. The summed E-state index contributed by atoms with van der Waals surface area (Å²) in [7, 11) is -7.95. The van der Waals surface area contributed by atoms with E-state index in [4.69, 9.17) is 9.47 Å². The first kappa shape index (κ1) is 23.6. The fourth-order valence-electron chi connectivity index (χ4n) is 2.49. The number of hydrogen-bond donors (Lipinski definition) is 1. The molecule has 1 unspecified atom stereocenters. The van der Waals surface area contributed by atoms with Crippen molar-refractivity contribution in [2.24, 2.45) is 11.8 Å². The monoisotopic (exact) mass is 424 g/mol. The fourth-order valence-corrected chi connectivity index (χ4v) is 4.58. The maximum absolute atomic E-state index is 12.5. The zero-order valence-electron chi connectivity index (χ0n) is 16.5. The molecule has 1 aliphatic carbocycles. The molecule has 0 saturated carbocycles. The predicted octanol–water partition coefficient (Wildman–Crippen LogP) is 1.74. The van der Waals surface area contributed by atoms with Crippen molar-refractivity contribution in [3.63, 3.8) is 0 Å². The lowest BCUT2D eigenvalue weighted by molar-refractivity contribution is -0.132. The number of carbonyl (C=O) groups is 1. The van der Waals surface area contributed by atoms with E-state index in [1.165, 1.54) is 0 Å². The van der Waals surface area contributed by atoms with Gasteiger partial charge in [0.05, 0.1) is 25.2 Å². The van der Waals surface area contributed by atoms with Crippen LogP contribution in [0.5, 0.6) is 0 Å². The van der Waals surface area contributed by atoms with Gasteiger partial charge in [-0.1, -0.05) is 27.7 Å². The maximum Gasteiger partial charge on any atom is 0.336 e. The average Bonchev–Trinajstić information content (AvgIpc) is 2.47. The molecule has 0 aromatic carbocycles. The third-order valence-electron chi connectivity index (χ3n) is 3.75. The summed E-state index contributed by atoms with van der Waals surface area (Å²) < 4.78 is 60.8. The molecule has 0 aromatic rings. The van der Waals surface area contributed by atoms with Crippen LogP contribution < -0.4 is 0 Å². The second-order valence-corrected chi connectivity index (χ2v) is 11.7. The molecular formula is C17H28O8S2. The second-order valence-electron chi connectivity index (χ2n) is 7.56. The highest BCUT2D eigenvalue weighted by molar-refractivity contribution is 7.95. The molecule has 1 atom stereocenters. The Hall–Kier alpha value is -1.39. The number of ether oxygens (including phenoxy) is 2. The van der Waals surface area contributed by atoms with E-state index in [9.17, 15) is 26.7 Å². The molecule has 1 rings (SSSR count). The highest BCUT2D eigenvalue weighted by Crippen LogP contribution is 2.40. The Kier molecular flexibility index (Phi) is 7.29. The molecule has 0 spiro atoms. The molecule has 1 aliphatic rings. The summed E-state index contributed by atoms with van der Waals surface area (Å²) >= 11 is 0. The Morgan fingerprint density at radius 2 is 1.63 bits per heavy atom. The van der Waals surface area contributed by atoms with Crippen molar-refractivity contribution in [2.75, 3.05) is 25.7 Å². The first-order chi connectivity index (χ1) is 12.1. The van der Waals surface area contributed by atoms with E-state index >= 15 is 0 Å². The molecule has 0 bridgehead atoms. The Labute approximate surface area is 161 Å². The van der Waals surface area contributed by atoms with Gasteiger partial charge in [-0.15, -0.1) is 0 Å². The first-order valence-electron chi connectivity index (χ1n) is 8.47. The molecule has 0 saturated heterocycles. The van der Waals surface area contributed by atoms with E-state index in [1.54, 1.807) is 0 Å². The van der Waals surface area contributed by atoms with Crippen molar-refractivity contribution in [1.82, 2.24) is 0 Å². The summed E-state index contributed by atoms with van der Waals surface area (Å²) in [6.45, 7) is 7.43. The minimum atomic E-state index is -3.99. The lowest BCUT2D eigenvalue weighted by Gasteiger charge is -2.35. The first-order valence-corrected chi connectivity index (χ1v) is 12.2. The molecule has 0 aliphatic heterocycles. The molecule has 10 heteroatoms. The van der Waals surface area contributed by atoms with Gasteiger partial charge in [0.25, 0.3) is 0 Å². The summed E-state index contributed by atoms with van der Waals surface area (Å²) in [5, 5.41) is 9.57. The lowest BCUT2D eigenvalue weighted by atomic mass is 10.0. The highest BCUT2D eigenvalue weighted by Gasteiger charge is 2.48. The summed E-state index contributed by atoms with van der Waals surface area (Å²) in [5.41, 5.74) is -0.656. The van der Waals surface area contributed by atoms with Crippen molar-refractivity contribution in [1.29, 1.82) is 0 Å². The van der Waals surface area contributed by atoms with Gasteiger partial charge < -0.3 is 14.6 Å². The van der Waals surface area contributed by atoms with Crippen molar-refractivity contribution in [3.8, 4) is 0 Å². The second kappa shape index (κ2) is 8.32. The van der Waals surface area contributed by atoms with Crippen LogP contribution in [-0.2, 0) is 33.9 Å². The SMILES string of the molecule is CC(C)COC1=C(S(C)(=O)=O)C(C(=O)O)=CC(OCC(C)C)(S(C)(=O)=O)C1. The van der Waals surface area contributed by atoms with Crippen LogP contribution in [0.2, 0.25) is 0 Å².